The number of anilines is 5. The Morgan fingerprint density at radius 1 is 0.521 bits per heavy atom. The molecule has 8 aromatic carbocycles. The summed E-state index contributed by atoms with van der Waals surface area (Å²) in [4.78, 5) is 5.38. The van der Waals surface area contributed by atoms with E-state index in [2.05, 4.69) is 245 Å². The summed E-state index contributed by atoms with van der Waals surface area (Å²) in [6.45, 7) is 30.5. The van der Waals surface area contributed by atoms with Crippen LogP contribution in [0.15, 0.2) is 150 Å². The van der Waals surface area contributed by atoms with E-state index in [1.54, 1.807) is 0 Å². The zero-order valence-corrected chi connectivity index (χ0v) is 44.2. The van der Waals surface area contributed by atoms with Crippen molar-refractivity contribution >= 4 is 68.1 Å². The van der Waals surface area contributed by atoms with Gasteiger partial charge >= 0.3 is 6.85 Å². The van der Waals surface area contributed by atoms with Crippen LogP contribution in [0.5, 0.6) is 0 Å². The van der Waals surface area contributed by atoms with Gasteiger partial charge in [-0.2, -0.15) is 0 Å². The molecule has 1 aromatic heterocycles. The van der Waals surface area contributed by atoms with Gasteiger partial charge in [0.05, 0.1) is 16.8 Å². The van der Waals surface area contributed by atoms with Crippen LogP contribution in [-0.2, 0) is 21.7 Å². The lowest BCUT2D eigenvalue weighted by molar-refractivity contribution is 0.332. The first kappa shape index (κ1) is 45.4. The van der Waals surface area contributed by atoms with Crippen molar-refractivity contribution in [3.05, 3.63) is 185 Å². The number of aryl methyl sites for hydroxylation is 3. The highest BCUT2D eigenvalue weighted by atomic mass is 16.3. The first-order chi connectivity index (χ1) is 33.7. The summed E-state index contributed by atoms with van der Waals surface area (Å²) in [6, 6.07) is 56.2. The third-order valence-corrected chi connectivity index (χ3v) is 16.7. The number of nitrogens with zero attached hydrogens (tertiary/aromatic N) is 2. The van der Waals surface area contributed by atoms with Crippen LogP contribution >= 0.6 is 0 Å². The molecule has 0 atom stereocenters. The third-order valence-electron chi connectivity index (χ3n) is 16.7. The van der Waals surface area contributed by atoms with Gasteiger partial charge in [-0.1, -0.05) is 160 Å². The van der Waals surface area contributed by atoms with E-state index >= 15 is 0 Å². The van der Waals surface area contributed by atoms with Gasteiger partial charge in [0, 0.05) is 33.6 Å². The number of furan rings is 1. The minimum Gasteiger partial charge on any atom is -0.456 e. The Balaban J connectivity index is 1.29. The minimum absolute atomic E-state index is 0.0142. The van der Waals surface area contributed by atoms with Gasteiger partial charge in [-0.05, 0) is 182 Å². The Morgan fingerprint density at radius 3 is 1.83 bits per heavy atom. The van der Waals surface area contributed by atoms with Crippen molar-refractivity contribution in [2.45, 2.75) is 125 Å². The van der Waals surface area contributed by atoms with Crippen LogP contribution in [0.1, 0.15) is 121 Å². The van der Waals surface area contributed by atoms with Gasteiger partial charge in [-0.25, -0.2) is 0 Å². The molecule has 4 heteroatoms. The quantitative estimate of drug-likeness (QED) is 0.164. The molecule has 0 radical (unpaired) electrons. The molecule has 1 aliphatic carbocycles. The summed E-state index contributed by atoms with van der Waals surface area (Å²) in [5.74, 6) is 0. The van der Waals surface area contributed by atoms with Gasteiger partial charge in [0.2, 0.25) is 0 Å². The molecule has 3 heterocycles. The second-order valence-corrected chi connectivity index (χ2v) is 24.6. The molecule has 2 aliphatic heterocycles. The highest BCUT2D eigenvalue weighted by Gasteiger charge is 2.48. The molecule has 354 valence electrons. The van der Waals surface area contributed by atoms with E-state index in [9.17, 15) is 0 Å². The number of rotatable bonds is 4. The Bertz CT molecular complexity index is 3630. The van der Waals surface area contributed by atoms with Crippen LogP contribution in [0.4, 0.5) is 28.4 Å². The molecule has 0 saturated heterocycles. The maximum absolute atomic E-state index is 6.89. The first-order valence-corrected chi connectivity index (χ1v) is 26.0. The predicted molar refractivity (Wildman–Crippen MR) is 305 cm³/mol. The predicted octanol–water partition coefficient (Wildman–Crippen LogP) is 17.5. The van der Waals surface area contributed by atoms with Crippen LogP contribution in [-0.4, -0.2) is 6.85 Å². The van der Waals surface area contributed by atoms with Crippen molar-refractivity contribution in [3.63, 3.8) is 0 Å². The SMILES string of the molecule is Cc1cc(C)c(-c2cc3c4c(c2)N(c2ccc(C(C)(C)C)cc2-c2ccccc2)c2c(ccc5oc6ccccc6c25)B4N(c2ccc(C(C)(C)C)cc2)c2cc4c(cc2-3)C(C)(C)CCC4(C)C)c(C)c1. The first-order valence-electron chi connectivity index (χ1n) is 26.0. The molecule has 9 aromatic rings. The molecule has 71 heavy (non-hydrogen) atoms. The van der Waals surface area contributed by atoms with Gasteiger partial charge in [0.15, 0.2) is 0 Å². The van der Waals surface area contributed by atoms with Crippen molar-refractivity contribution in [2.75, 3.05) is 9.71 Å². The lowest BCUT2D eigenvalue weighted by Gasteiger charge is -2.48. The summed E-state index contributed by atoms with van der Waals surface area (Å²) in [7, 11) is 0. The van der Waals surface area contributed by atoms with Gasteiger partial charge in [-0.15, -0.1) is 0 Å². The largest absolute Gasteiger partial charge is 0.456 e. The average Bonchev–Trinajstić information content (AvgIpc) is 3.71. The number of fused-ring (bicyclic) bond motifs is 9. The molecule has 0 spiro atoms. The second kappa shape index (κ2) is 15.6. The van der Waals surface area contributed by atoms with E-state index < -0.39 is 0 Å². The van der Waals surface area contributed by atoms with E-state index in [0.29, 0.717) is 0 Å². The summed E-state index contributed by atoms with van der Waals surface area (Å²) in [6.07, 6.45) is 2.29. The number of hydrogen-bond donors (Lipinski definition) is 0. The molecule has 0 N–H and O–H groups in total. The Kier molecular flexibility index (Phi) is 9.98. The van der Waals surface area contributed by atoms with Crippen molar-refractivity contribution in [1.82, 2.24) is 0 Å². The Labute approximate surface area is 422 Å². The molecule has 0 unspecified atom stereocenters. The normalized spacial score (nSPS) is 15.7. The zero-order valence-electron chi connectivity index (χ0n) is 44.2. The minimum atomic E-state index is -0.168. The van der Waals surface area contributed by atoms with E-state index in [1.807, 2.05) is 0 Å². The molecule has 3 aliphatic rings. The second-order valence-electron chi connectivity index (χ2n) is 24.6. The molecular weight excluding hydrogens is 860 g/mol. The third kappa shape index (κ3) is 7.06. The molecule has 3 nitrogen and oxygen atoms in total. The fraction of sp³-hybridized carbons (Fsp3) is 0.284. The highest BCUT2D eigenvalue weighted by molar-refractivity contribution is 6.94. The zero-order chi connectivity index (χ0) is 49.7. The van der Waals surface area contributed by atoms with E-state index in [1.165, 1.54) is 106 Å². The van der Waals surface area contributed by atoms with Crippen molar-refractivity contribution < 1.29 is 4.42 Å². The van der Waals surface area contributed by atoms with Gasteiger partial charge in [0.25, 0.3) is 0 Å². The van der Waals surface area contributed by atoms with E-state index in [0.717, 1.165) is 40.5 Å². The van der Waals surface area contributed by atoms with Gasteiger partial charge < -0.3 is 14.1 Å². The van der Waals surface area contributed by atoms with Crippen molar-refractivity contribution in [3.8, 4) is 33.4 Å². The fourth-order valence-electron chi connectivity index (χ4n) is 12.8. The standard InChI is InChI=1S/C67H67BN2O/c1-40-33-41(2)60(42(3)34-40)44-35-51-50-38-52-53(67(12,13)32-31-66(52,10)11)39-56(50)70(47-26-23-45(24-27-47)64(4,5)6)68-54-28-30-59-61(48-21-17-18-22-58(48)71-59)63(54)69(57(36-44)62(51)68)55-29-25-46(65(7,8)9)37-49(55)43-19-15-14-16-20-43/h14-30,33-39H,31-32H2,1-13H3. The number of para-hydroxylation sites is 1. The summed E-state index contributed by atoms with van der Waals surface area (Å²) >= 11 is 0. The molecule has 0 bridgehead atoms. The fourth-order valence-corrected chi connectivity index (χ4v) is 12.8. The number of hydrogen-bond acceptors (Lipinski definition) is 3. The molecule has 0 fully saturated rings. The van der Waals surface area contributed by atoms with Gasteiger partial charge in [-0.3, -0.25) is 0 Å². The molecule has 0 amide bonds. The summed E-state index contributed by atoms with van der Waals surface area (Å²) in [5, 5.41) is 2.26. The summed E-state index contributed by atoms with van der Waals surface area (Å²) < 4.78 is 6.89. The lowest BCUT2D eigenvalue weighted by Crippen LogP contribution is -2.61. The van der Waals surface area contributed by atoms with Crippen LogP contribution in [0.2, 0.25) is 0 Å². The Morgan fingerprint density at radius 2 is 1.15 bits per heavy atom. The molecular formula is C67H67BN2O. The topological polar surface area (TPSA) is 19.6 Å². The van der Waals surface area contributed by atoms with Crippen LogP contribution in [0.3, 0.4) is 0 Å². The molecule has 0 saturated carbocycles. The van der Waals surface area contributed by atoms with E-state index in [4.69, 9.17) is 4.42 Å². The Hall–Kier alpha value is -6.78. The molecule has 12 rings (SSSR count). The van der Waals surface area contributed by atoms with Crippen LogP contribution in [0.25, 0.3) is 55.3 Å². The van der Waals surface area contributed by atoms with Gasteiger partial charge in [0.1, 0.15) is 11.2 Å². The smallest absolute Gasteiger partial charge is 0.333 e. The average molecular weight is 927 g/mol. The monoisotopic (exact) mass is 927 g/mol. The summed E-state index contributed by atoms with van der Waals surface area (Å²) in [5.41, 5.74) is 27.3. The van der Waals surface area contributed by atoms with Crippen LogP contribution in [0, 0.1) is 20.8 Å². The highest BCUT2D eigenvalue weighted by Crippen LogP contribution is 2.56. The van der Waals surface area contributed by atoms with Crippen LogP contribution < -0.4 is 20.6 Å². The lowest BCUT2D eigenvalue weighted by atomic mass is 9.43. The number of benzene rings is 8. The van der Waals surface area contributed by atoms with E-state index in [-0.39, 0.29) is 28.5 Å². The maximum atomic E-state index is 6.89. The van der Waals surface area contributed by atoms with Crippen molar-refractivity contribution in [2.24, 2.45) is 0 Å². The maximum Gasteiger partial charge on any atom is 0.333 e. The van der Waals surface area contributed by atoms with Crippen molar-refractivity contribution in [1.29, 1.82) is 0 Å².